The van der Waals surface area contributed by atoms with Gasteiger partial charge in [0.1, 0.15) is 0 Å². The van der Waals surface area contributed by atoms with Gasteiger partial charge in [0, 0.05) is 70.2 Å². The second kappa shape index (κ2) is 5.29. The van der Waals surface area contributed by atoms with Crippen LogP contribution in [0, 0.1) is 0 Å². The van der Waals surface area contributed by atoms with Crippen molar-refractivity contribution in [3.8, 4) is 11.4 Å². The van der Waals surface area contributed by atoms with Crippen molar-refractivity contribution in [1.82, 2.24) is 19.7 Å². The van der Waals surface area contributed by atoms with Crippen LogP contribution in [0.5, 0.6) is 0 Å². The summed E-state index contributed by atoms with van der Waals surface area (Å²) in [5, 5.41) is 13.2. The number of hydrogen-bond donors (Lipinski definition) is 2. The Morgan fingerprint density at radius 2 is 2.21 bits per heavy atom. The fraction of sp³-hybridized carbons (Fsp3) is 0.273. The van der Waals surface area contributed by atoms with E-state index in [1.807, 2.05) is 0 Å². The van der Waals surface area contributed by atoms with Crippen molar-refractivity contribution in [2.75, 3.05) is 5.73 Å². The molecule has 0 saturated carbocycles. The molecule has 1 aliphatic carbocycles. The summed E-state index contributed by atoms with van der Waals surface area (Å²) >= 11 is 0. The number of aromatic nitrogens is 4. The van der Waals surface area contributed by atoms with E-state index in [-0.39, 0.29) is 63.0 Å². The number of hydrogen-bond acceptors (Lipinski definition) is 5. The second-order valence-corrected chi connectivity index (χ2v) is 4.21. The number of nitrogens with zero attached hydrogens (tertiary/aromatic N) is 4. The Bertz CT molecular complexity index is 667. The van der Waals surface area contributed by atoms with Gasteiger partial charge in [0.2, 0.25) is 5.95 Å². The minimum absolute atomic E-state index is 0. The molecule has 2 aromatic heterocycles. The normalized spacial score (nSPS) is 12.3. The average molecular weight is 284 g/mol. The van der Waals surface area contributed by atoms with Crippen LogP contribution in [0.4, 0.5) is 5.95 Å². The molecular formula is C11H11KN5O2. The molecule has 0 fully saturated rings. The maximum absolute atomic E-state index is 11.1. The number of fused-ring (bicyclic) bond motifs is 3. The number of nitrogen functional groups attached to an aromatic ring is 1. The van der Waals surface area contributed by atoms with Crippen LogP contribution in [0.3, 0.4) is 0 Å². The molecule has 3 rings (SSSR count). The van der Waals surface area contributed by atoms with Crippen molar-refractivity contribution in [3.63, 3.8) is 0 Å². The maximum Gasteiger partial charge on any atom is 0.356 e. The van der Waals surface area contributed by atoms with E-state index in [9.17, 15) is 4.79 Å². The topological polar surface area (TPSA) is 107 Å². The van der Waals surface area contributed by atoms with Gasteiger partial charge in [-0.15, -0.1) is 0 Å². The summed E-state index contributed by atoms with van der Waals surface area (Å²) in [4.78, 5) is 19.3. The van der Waals surface area contributed by atoms with Gasteiger partial charge in [-0.05, 0) is 18.4 Å². The molecule has 19 heavy (non-hydrogen) atoms. The van der Waals surface area contributed by atoms with Crippen molar-refractivity contribution in [1.29, 1.82) is 0 Å². The van der Waals surface area contributed by atoms with Crippen LogP contribution in [0.15, 0.2) is 6.20 Å². The predicted octanol–water partition coefficient (Wildman–Crippen LogP) is -0.125. The summed E-state index contributed by atoms with van der Waals surface area (Å²) < 4.78 is 1.54. The van der Waals surface area contributed by atoms with Gasteiger partial charge in [0.15, 0.2) is 5.69 Å². The van der Waals surface area contributed by atoms with Gasteiger partial charge >= 0.3 is 5.97 Å². The van der Waals surface area contributed by atoms with Gasteiger partial charge in [-0.3, -0.25) is 4.68 Å². The van der Waals surface area contributed by atoms with Crippen molar-refractivity contribution >= 4 is 63.3 Å². The van der Waals surface area contributed by atoms with E-state index in [1.165, 1.54) is 0 Å². The summed E-state index contributed by atoms with van der Waals surface area (Å²) in [7, 11) is 1.71. The van der Waals surface area contributed by atoms with Gasteiger partial charge in [-0.1, -0.05) is 0 Å². The molecule has 2 heterocycles. The van der Waals surface area contributed by atoms with Gasteiger partial charge in [0.25, 0.3) is 0 Å². The number of aromatic carboxylic acids is 1. The number of carboxylic acid groups (broad SMARTS) is 1. The third-order valence-corrected chi connectivity index (χ3v) is 3.10. The zero-order chi connectivity index (χ0) is 12.9. The minimum atomic E-state index is -1.02. The van der Waals surface area contributed by atoms with Crippen molar-refractivity contribution < 1.29 is 9.90 Å². The number of carbonyl (C=O) groups is 1. The van der Waals surface area contributed by atoms with E-state index >= 15 is 0 Å². The molecule has 0 atom stereocenters. The van der Waals surface area contributed by atoms with E-state index in [0.717, 1.165) is 16.8 Å². The molecule has 0 unspecified atom stereocenters. The SMILES string of the molecule is Cn1nc(C(=O)O)c2c1-c1nc(N)ncc1CC2.[K]. The minimum Gasteiger partial charge on any atom is -0.476 e. The van der Waals surface area contributed by atoms with E-state index in [1.54, 1.807) is 17.9 Å². The Balaban J connectivity index is 0.00000133. The second-order valence-electron chi connectivity index (χ2n) is 4.21. The van der Waals surface area contributed by atoms with E-state index < -0.39 is 5.97 Å². The summed E-state index contributed by atoms with van der Waals surface area (Å²) in [6, 6.07) is 0. The van der Waals surface area contributed by atoms with E-state index in [2.05, 4.69) is 15.1 Å². The van der Waals surface area contributed by atoms with Crippen molar-refractivity contribution in [2.24, 2.45) is 7.05 Å². The standard InChI is InChI=1S/C11H11N5O2.K/c1-16-9-6(8(15-16)10(17)18)3-2-5-4-13-11(12)14-7(5)9;/h4H,2-3H2,1H3,(H,17,18)(H2,12,13,14);. The van der Waals surface area contributed by atoms with Crippen LogP contribution < -0.4 is 5.73 Å². The van der Waals surface area contributed by atoms with Gasteiger partial charge in [0.05, 0.1) is 11.4 Å². The zero-order valence-corrected chi connectivity index (χ0v) is 13.8. The van der Waals surface area contributed by atoms with Crippen LogP contribution in [-0.2, 0) is 19.9 Å². The largest absolute Gasteiger partial charge is 0.476 e. The smallest absolute Gasteiger partial charge is 0.356 e. The third kappa shape index (κ3) is 2.34. The summed E-state index contributed by atoms with van der Waals surface area (Å²) in [6.07, 6.45) is 3.02. The molecule has 1 aliphatic rings. The van der Waals surface area contributed by atoms with E-state index in [0.29, 0.717) is 18.5 Å². The maximum atomic E-state index is 11.1. The molecule has 0 aliphatic heterocycles. The molecular weight excluding hydrogens is 273 g/mol. The fourth-order valence-electron chi connectivity index (χ4n) is 2.34. The molecule has 0 saturated heterocycles. The van der Waals surface area contributed by atoms with Crippen LogP contribution in [0.2, 0.25) is 0 Å². The number of nitrogens with two attached hydrogens (primary N) is 1. The zero-order valence-electron chi connectivity index (χ0n) is 10.7. The van der Waals surface area contributed by atoms with Gasteiger partial charge < -0.3 is 10.8 Å². The molecule has 8 heteroatoms. The van der Waals surface area contributed by atoms with Crippen molar-refractivity contribution in [3.05, 3.63) is 23.0 Å². The molecule has 0 amide bonds. The van der Waals surface area contributed by atoms with E-state index in [4.69, 9.17) is 10.8 Å². The predicted molar refractivity (Wildman–Crippen MR) is 68.8 cm³/mol. The number of rotatable bonds is 1. The number of aryl methyl sites for hydroxylation is 2. The Hall–Kier alpha value is -0.804. The van der Waals surface area contributed by atoms with Crippen LogP contribution >= 0.6 is 0 Å². The molecule has 3 N–H and O–H groups in total. The molecule has 0 aromatic carbocycles. The summed E-state index contributed by atoms with van der Waals surface area (Å²) in [6.45, 7) is 0. The first-order chi connectivity index (χ1) is 8.58. The van der Waals surface area contributed by atoms with Crippen LogP contribution in [0.25, 0.3) is 11.4 Å². The van der Waals surface area contributed by atoms with Gasteiger partial charge in [-0.2, -0.15) is 5.10 Å². The first kappa shape index (κ1) is 14.6. The van der Waals surface area contributed by atoms with Crippen LogP contribution in [0.1, 0.15) is 21.6 Å². The molecule has 0 bridgehead atoms. The van der Waals surface area contributed by atoms with Crippen LogP contribution in [-0.4, -0.2) is 82.2 Å². The Morgan fingerprint density at radius 3 is 2.89 bits per heavy atom. The molecule has 2 aromatic rings. The summed E-state index contributed by atoms with van der Waals surface area (Å²) in [5.74, 6) is -0.836. The fourth-order valence-corrected chi connectivity index (χ4v) is 2.34. The molecule has 0 spiro atoms. The quantitative estimate of drug-likeness (QED) is 0.707. The summed E-state index contributed by atoms with van der Waals surface area (Å²) in [5.41, 5.74) is 8.78. The molecule has 7 nitrogen and oxygen atoms in total. The van der Waals surface area contributed by atoms with Crippen molar-refractivity contribution in [2.45, 2.75) is 12.8 Å². The first-order valence-electron chi connectivity index (χ1n) is 5.49. The average Bonchev–Trinajstić information content (AvgIpc) is 2.67. The molecule has 1 radical (unpaired) electrons. The van der Waals surface area contributed by atoms with Gasteiger partial charge in [-0.25, -0.2) is 14.8 Å². The Kier molecular flexibility index (Phi) is 4.07. The number of anilines is 1. The Morgan fingerprint density at radius 1 is 1.47 bits per heavy atom. The monoisotopic (exact) mass is 284 g/mol. The third-order valence-electron chi connectivity index (χ3n) is 3.10. The number of carboxylic acids is 1. The first-order valence-corrected chi connectivity index (χ1v) is 5.49. The molecule has 93 valence electrons. The Labute approximate surface area is 151 Å².